The first-order valence-corrected chi connectivity index (χ1v) is 10.4. The van der Waals surface area contributed by atoms with Crippen molar-refractivity contribution in [2.24, 2.45) is 4.99 Å². The minimum absolute atomic E-state index is 0.0469. The molecule has 0 atom stereocenters. The zero-order valence-corrected chi connectivity index (χ0v) is 17.3. The number of benzene rings is 2. The second kappa shape index (κ2) is 11.2. The van der Waals surface area contributed by atoms with Gasteiger partial charge in [-0.3, -0.25) is 4.79 Å². The quantitative estimate of drug-likeness (QED) is 0.414. The molecule has 2 aromatic rings. The number of nitrogens with one attached hydrogen (secondary N) is 3. The molecule has 1 amide bonds. The molecule has 0 saturated heterocycles. The van der Waals surface area contributed by atoms with E-state index in [9.17, 15) is 9.18 Å². The Morgan fingerprint density at radius 2 is 1.93 bits per heavy atom. The van der Waals surface area contributed by atoms with Crippen LogP contribution in [0.2, 0.25) is 0 Å². The third-order valence-corrected chi connectivity index (χ3v) is 4.59. The molecule has 0 bridgehead atoms. The summed E-state index contributed by atoms with van der Waals surface area (Å²) in [5.74, 6) is 1.06. The largest absolute Gasteiger partial charge is 0.484 e. The van der Waals surface area contributed by atoms with Gasteiger partial charge in [0.15, 0.2) is 12.6 Å². The van der Waals surface area contributed by atoms with Crippen LogP contribution in [-0.4, -0.2) is 37.6 Å². The Morgan fingerprint density at radius 3 is 2.63 bits per heavy atom. The van der Waals surface area contributed by atoms with Crippen molar-refractivity contribution in [1.82, 2.24) is 16.0 Å². The van der Waals surface area contributed by atoms with Gasteiger partial charge in [0, 0.05) is 19.1 Å². The predicted octanol–water partition coefficient (Wildman–Crippen LogP) is 2.78. The lowest BCUT2D eigenvalue weighted by Crippen LogP contribution is -2.38. The van der Waals surface area contributed by atoms with Crippen LogP contribution in [-0.2, 0) is 17.8 Å². The highest BCUT2D eigenvalue weighted by atomic mass is 19.1. The number of carbonyl (C=O) groups is 1. The SMILES string of the molecule is CCNC(=NCc1cccc(F)c1)NCCc1ccc(OCC(=O)NC2CC2)cc1. The second-order valence-corrected chi connectivity index (χ2v) is 7.28. The topological polar surface area (TPSA) is 74.8 Å². The van der Waals surface area contributed by atoms with Gasteiger partial charge in [0.1, 0.15) is 11.6 Å². The Morgan fingerprint density at radius 1 is 1.13 bits per heavy atom. The minimum atomic E-state index is -0.253. The van der Waals surface area contributed by atoms with Gasteiger partial charge < -0.3 is 20.7 Å². The molecule has 6 nitrogen and oxygen atoms in total. The Balaban J connectivity index is 1.41. The van der Waals surface area contributed by atoms with E-state index in [4.69, 9.17) is 4.74 Å². The molecule has 0 aromatic heterocycles. The number of rotatable bonds is 10. The molecular formula is C23H29FN4O2. The molecule has 0 spiro atoms. The van der Waals surface area contributed by atoms with E-state index in [0.717, 1.165) is 36.9 Å². The summed E-state index contributed by atoms with van der Waals surface area (Å²) in [6.45, 7) is 3.91. The van der Waals surface area contributed by atoms with Gasteiger partial charge in [0.25, 0.3) is 5.91 Å². The van der Waals surface area contributed by atoms with Crippen LogP contribution in [0, 0.1) is 5.82 Å². The summed E-state index contributed by atoms with van der Waals surface area (Å²) in [5, 5.41) is 9.39. The molecule has 3 rings (SSSR count). The third-order valence-electron chi connectivity index (χ3n) is 4.59. The van der Waals surface area contributed by atoms with Crippen LogP contribution < -0.4 is 20.7 Å². The number of amides is 1. The van der Waals surface area contributed by atoms with E-state index in [2.05, 4.69) is 20.9 Å². The number of ether oxygens (including phenoxy) is 1. The van der Waals surface area contributed by atoms with Crippen molar-refractivity contribution < 1.29 is 13.9 Å². The van der Waals surface area contributed by atoms with E-state index in [1.165, 1.54) is 12.1 Å². The zero-order valence-electron chi connectivity index (χ0n) is 17.3. The Labute approximate surface area is 176 Å². The standard InChI is InChI=1S/C23H29FN4O2/c1-2-25-23(27-15-18-4-3-5-19(24)14-18)26-13-12-17-6-10-21(11-7-17)30-16-22(29)28-20-8-9-20/h3-7,10-11,14,20H,2,8-9,12-13,15-16H2,1H3,(H,28,29)(H2,25,26,27). The fraction of sp³-hybridized carbons (Fsp3) is 0.391. The first-order chi connectivity index (χ1) is 14.6. The van der Waals surface area contributed by atoms with E-state index < -0.39 is 0 Å². The molecule has 1 fully saturated rings. The molecule has 2 aromatic carbocycles. The van der Waals surface area contributed by atoms with Crippen molar-refractivity contribution in [1.29, 1.82) is 0 Å². The average Bonchev–Trinajstić information content (AvgIpc) is 3.55. The Kier molecular flexibility index (Phi) is 8.06. The molecule has 0 radical (unpaired) electrons. The van der Waals surface area contributed by atoms with E-state index in [1.807, 2.05) is 37.3 Å². The molecule has 3 N–H and O–H groups in total. The Bertz CT molecular complexity index is 851. The molecular weight excluding hydrogens is 383 g/mol. The summed E-state index contributed by atoms with van der Waals surface area (Å²) in [5.41, 5.74) is 1.98. The lowest BCUT2D eigenvalue weighted by molar-refractivity contribution is -0.123. The summed E-state index contributed by atoms with van der Waals surface area (Å²) < 4.78 is 18.8. The van der Waals surface area contributed by atoms with Crippen molar-refractivity contribution in [3.05, 3.63) is 65.5 Å². The van der Waals surface area contributed by atoms with Crippen LogP contribution in [0.15, 0.2) is 53.5 Å². The maximum atomic E-state index is 13.3. The van der Waals surface area contributed by atoms with Gasteiger partial charge in [0.2, 0.25) is 0 Å². The van der Waals surface area contributed by atoms with E-state index >= 15 is 0 Å². The van der Waals surface area contributed by atoms with Gasteiger partial charge >= 0.3 is 0 Å². The molecule has 30 heavy (non-hydrogen) atoms. The lowest BCUT2D eigenvalue weighted by Gasteiger charge is -2.12. The summed E-state index contributed by atoms with van der Waals surface area (Å²) in [7, 11) is 0. The molecule has 7 heteroatoms. The van der Waals surface area contributed by atoms with Gasteiger partial charge in [0.05, 0.1) is 6.54 Å². The molecule has 0 heterocycles. The van der Waals surface area contributed by atoms with Crippen molar-refractivity contribution in [2.45, 2.75) is 38.8 Å². The van der Waals surface area contributed by atoms with Crippen LogP contribution in [0.25, 0.3) is 0 Å². The zero-order chi connectivity index (χ0) is 21.2. The fourth-order valence-corrected chi connectivity index (χ4v) is 2.87. The van der Waals surface area contributed by atoms with Crippen molar-refractivity contribution in [3.63, 3.8) is 0 Å². The number of halogens is 1. The molecule has 0 unspecified atom stereocenters. The maximum absolute atomic E-state index is 13.3. The minimum Gasteiger partial charge on any atom is -0.484 e. The van der Waals surface area contributed by atoms with Gasteiger partial charge in [-0.05, 0) is 61.6 Å². The highest BCUT2D eigenvalue weighted by Gasteiger charge is 2.23. The van der Waals surface area contributed by atoms with Crippen molar-refractivity contribution in [2.75, 3.05) is 19.7 Å². The number of carbonyl (C=O) groups excluding carboxylic acids is 1. The van der Waals surface area contributed by atoms with Gasteiger partial charge in [-0.1, -0.05) is 24.3 Å². The number of nitrogens with zero attached hydrogens (tertiary/aromatic N) is 1. The lowest BCUT2D eigenvalue weighted by atomic mass is 10.1. The van der Waals surface area contributed by atoms with Gasteiger partial charge in [-0.25, -0.2) is 9.38 Å². The molecule has 160 valence electrons. The number of aliphatic imine (C=N–C) groups is 1. The number of hydrogen-bond acceptors (Lipinski definition) is 3. The van der Waals surface area contributed by atoms with Crippen molar-refractivity contribution in [3.8, 4) is 5.75 Å². The first-order valence-electron chi connectivity index (χ1n) is 10.4. The summed E-state index contributed by atoms with van der Waals surface area (Å²) in [4.78, 5) is 16.2. The van der Waals surface area contributed by atoms with Crippen LogP contribution in [0.5, 0.6) is 5.75 Å². The summed E-state index contributed by atoms with van der Waals surface area (Å²) in [6.07, 6.45) is 2.95. The fourth-order valence-electron chi connectivity index (χ4n) is 2.87. The highest BCUT2D eigenvalue weighted by Crippen LogP contribution is 2.18. The molecule has 1 aliphatic carbocycles. The van der Waals surface area contributed by atoms with Crippen LogP contribution in [0.4, 0.5) is 4.39 Å². The van der Waals surface area contributed by atoms with Crippen LogP contribution in [0.1, 0.15) is 30.9 Å². The van der Waals surface area contributed by atoms with Crippen molar-refractivity contribution >= 4 is 11.9 Å². The van der Waals surface area contributed by atoms with Crippen LogP contribution >= 0.6 is 0 Å². The van der Waals surface area contributed by atoms with Gasteiger partial charge in [-0.2, -0.15) is 0 Å². The van der Waals surface area contributed by atoms with Crippen LogP contribution in [0.3, 0.4) is 0 Å². The smallest absolute Gasteiger partial charge is 0.258 e. The predicted molar refractivity (Wildman–Crippen MR) is 116 cm³/mol. The second-order valence-electron chi connectivity index (χ2n) is 7.28. The monoisotopic (exact) mass is 412 g/mol. The molecule has 0 aliphatic heterocycles. The number of guanidine groups is 1. The van der Waals surface area contributed by atoms with E-state index in [1.54, 1.807) is 6.07 Å². The van der Waals surface area contributed by atoms with E-state index in [-0.39, 0.29) is 18.3 Å². The first kappa shape index (κ1) is 21.6. The third kappa shape index (κ3) is 7.73. The average molecular weight is 413 g/mol. The number of hydrogen-bond donors (Lipinski definition) is 3. The summed E-state index contributed by atoms with van der Waals surface area (Å²) in [6, 6.07) is 14.6. The highest BCUT2D eigenvalue weighted by molar-refractivity contribution is 5.79. The van der Waals surface area contributed by atoms with Gasteiger partial charge in [-0.15, -0.1) is 0 Å². The van der Waals surface area contributed by atoms with E-state index in [0.29, 0.717) is 30.8 Å². The summed E-state index contributed by atoms with van der Waals surface area (Å²) >= 11 is 0. The molecule has 1 aliphatic rings. The Hall–Kier alpha value is -3.09. The maximum Gasteiger partial charge on any atom is 0.258 e. The normalized spacial score (nSPS) is 13.6. The molecule has 1 saturated carbocycles.